The molecule has 1 rings (SSSR count). The van der Waals surface area contributed by atoms with E-state index in [2.05, 4.69) is 0 Å². The van der Waals surface area contributed by atoms with E-state index in [1.54, 1.807) is 6.92 Å². The maximum atomic E-state index is 11.0. The molecule has 0 aliphatic carbocycles. The number of nitrogens with zero attached hydrogens (tertiary/aromatic N) is 1. The molecule has 0 fully saturated rings. The van der Waals surface area contributed by atoms with Gasteiger partial charge in [0.1, 0.15) is 0 Å². The molecular formula is C12H16N2O5. The van der Waals surface area contributed by atoms with E-state index in [-0.39, 0.29) is 23.8 Å². The van der Waals surface area contributed by atoms with E-state index in [1.165, 1.54) is 26.4 Å². The molecule has 0 saturated carbocycles. The van der Waals surface area contributed by atoms with Crippen molar-refractivity contribution in [3.8, 4) is 11.5 Å². The van der Waals surface area contributed by atoms with Crippen LogP contribution in [0.15, 0.2) is 12.1 Å². The molecule has 0 amide bonds. The van der Waals surface area contributed by atoms with Crippen molar-refractivity contribution in [2.45, 2.75) is 13.3 Å². The summed E-state index contributed by atoms with van der Waals surface area (Å²) in [5, 5.41) is 18.6. The van der Waals surface area contributed by atoms with Crippen molar-refractivity contribution in [3.63, 3.8) is 0 Å². The minimum atomic E-state index is -0.517. The molecule has 0 aromatic heterocycles. The van der Waals surface area contributed by atoms with Gasteiger partial charge in [-0.3, -0.25) is 15.5 Å². The summed E-state index contributed by atoms with van der Waals surface area (Å²) in [6.07, 6.45) is 0.0322. The second-order valence-corrected chi connectivity index (χ2v) is 3.63. The lowest BCUT2D eigenvalue weighted by atomic mass is 10.1. The fraction of sp³-hybridized carbons (Fsp3) is 0.417. The van der Waals surface area contributed by atoms with E-state index in [4.69, 9.17) is 19.6 Å². The molecule has 0 aliphatic rings. The van der Waals surface area contributed by atoms with Crippen LogP contribution >= 0.6 is 0 Å². The number of benzene rings is 1. The highest BCUT2D eigenvalue weighted by Crippen LogP contribution is 2.34. The second kappa shape index (κ2) is 6.58. The van der Waals surface area contributed by atoms with Gasteiger partial charge >= 0.3 is 0 Å². The average molecular weight is 268 g/mol. The molecule has 0 atom stereocenters. The summed E-state index contributed by atoms with van der Waals surface area (Å²) in [6, 6.07) is 2.78. The molecule has 0 aliphatic heterocycles. The van der Waals surface area contributed by atoms with Crippen molar-refractivity contribution in [2.75, 3.05) is 20.8 Å². The summed E-state index contributed by atoms with van der Waals surface area (Å²) in [4.78, 5) is 10.5. The van der Waals surface area contributed by atoms with Gasteiger partial charge in [0.25, 0.3) is 5.69 Å². The Balaban J connectivity index is 3.19. The third-order valence-electron chi connectivity index (χ3n) is 2.45. The first kappa shape index (κ1) is 14.7. The summed E-state index contributed by atoms with van der Waals surface area (Å²) in [5.41, 5.74) is 0.225. The van der Waals surface area contributed by atoms with Gasteiger partial charge in [0.2, 0.25) is 0 Å². The number of nitro groups is 1. The number of hydrogen-bond acceptors (Lipinski definition) is 6. The largest absolute Gasteiger partial charge is 0.493 e. The Bertz CT molecular complexity index is 487. The Morgan fingerprint density at radius 3 is 2.37 bits per heavy atom. The van der Waals surface area contributed by atoms with Gasteiger partial charge in [-0.15, -0.1) is 0 Å². The Labute approximate surface area is 110 Å². The Morgan fingerprint density at radius 1 is 1.32 bits per heavy atom. The van der Waals surface area contributed by atoms with E-state index in [1.807, 2.05) is 0 Å². The van der Waals surface area contributed by atoms with Gasteiger partial charge in [-0.05, 0) is 13.0 Å². The molecule has 104 valence electrons. The van der Waals surface area contributed by atoms with E-state index < -0.39 is 4.92 Å². The van der Waals surface area contributed by atoms with Crippen molar-refractivity contribution in [1.29, 1.82) is 5.41 Å². The molecule has 7 heteroatoms. The number of ether oxygens (including phenoxy) is 3. The normalized spacial score (nSPS) is 9.84. The molecule has 1 N–H and O–H groups in total. The van der Waals surface area contributed by atoms with Gasteiger partial charge in [-0.1, -0.05) is 0 Å². The van der Waals surface area contributed by atoms with Crippen molar-refractivity contribution >= 4 is 11.6 Å². The van der Waals surface area contributed by atoms with Crippen molar-refractivity contribution < 1.29 is 19.1 Å². The average Bonchev–Trinajstić information content (AvgIpc) is 2.38. The van der Waals surface area contributed by atoms with E-state index in [0.29, 0.717) is 17.9 Å². The molecule has 19 heavy (non-hydrogen) atoms. The fourth-order valence-electron chi connectivity index (χ4n) is 1.62. The highest BCUT2D eigenvalue weighted by atomic mass is 16.6. The van der Waals surface area contributed by atoms with Crippen molar-refractivity contribution in [3.05, 3.63) is 27.8 Å². The molecule has 0 saturated heterocycles. The first-order chi connectivity index (χ1) is 9.03. The fourth-order valence-corrected chi connectivity index (χ4v) is 1.62. The first-order valence-corrected chi connectivity index (χ1v) is 5.63. The zero-order valence-electron chi connectivity index (χ0n) is 11.1. The summed E-state index contributed by atoms with van der Waals surface area (Å²) in [6.45, 7) is 2.09. The molecule has 0 radical (unpaired) electrons. The van der Waals surface area contributed by atoms with Crippen LogP contribution in [0.3, 0.4) is 0 Å². The molecule has 1 aromatic carbocycles. The van der Waals surface area contributed by atoms with Gasteiger partial charge in [0.15, 0.2) is 17.4 Å². The first-order valence-electron chi connectivity index (χ1n) is 5.63. The molecular weight excluding hydrogens is 252 g/mol. The third-order valence-corrected chi connectivity index (χ3v) is 2.45. The monoisotopic (exact) mass is 268 g/mol. The van der Waals surface area contributed by atoms with Crippen LogP contribution in [0, 0.1) is 15.5 Å². The lowest BCUT2D eigenvalue weighted by Gasteiger charge is -2.11. The number of methoxy groups -OCH3 is 2. The van der Waals surface area contributed by atoms with Gasteiger partial charge in [0, 0.05) is 5.56 Å². The molecule has 0 heterocycles. The minimum Gasteiger partial charge on any atom is -0.493 e. The molecule has 0 unspecified atom stereocenters. The highest BCUT2D eigenvalue weighted by molar-refractivity contribution is 5.77. The lowest BCUT2D eigenvalue weighted by molar-refractivity contribution is -0.385. The van der Waals surface area contributed by atoms with Crippen LogP contribution in [0.5, 0.6) is 11.5 Å². The van der Waals surface area contributed by atoms with Gasteiger partial charge in [-0.25, -0.2) is 0 Å². The number of rotatable bonds is 6. The maximum Gasteiger partial charge on any atom is 0.277 e. The summed E-state index contributed by atoms with van der Waals surface area (Å²) >= 11 is 0. The quantitative estimate of drug-likeness (QED) is 0.369. The summed E-state index contributed by atoms with van der Waals surface area (Å²) < 4.78 is 15.1. The predicted octanol–water partition coefficient (Wildman–Crippen LogP) is 2.17. The third kappa shape index (κ3) is 3.57. The number of nitro benzene ring substituents is 1. The topological polar surface area (TPSA) is 94.7 Å². The van der Waals surface area contributed by atoms with E-state index in [9.17, 15) is 10.1 Å². The maximum absolute atomic E-state index is 11.0. The zero-order valence-corrected chi connectivity index (χ0v) is 11.1. The Hall–Kier alpha value is -2.31. The van der Waals surface area contributed by atoms with E-state index in [0.717, 1.165) is 0 Å². The summed E-state index contributed by atoms with van der Waals surface area (Å²) in [5.74, 6) is 0.631. The summed E-state index contributed by atoms with van der Waals surface area (Å²) in [7, 11) is 2.85. The van der Waals surface area contributed by atoms with Crippen molar-refractivity contribution in [1.82, 2.24) is 0 Å². The smallest absolute Gasteiger partial charge is 0.277 e. The van der Waals surface area contributed by atoms with Crippen LogP contribution in [-0.4, -0.2) is 31.6 Å². The molecule has 7 nitrogen and oxygen atoms in total. The number of hydrogen-bond donors (Lipinski definition) is 1. The highest BCUT2D eigenvalue weighted by Gasteiger charge is 2.20. The Kier molecular flexibility index (Phi) is 5.11. The zero-order chi connectivity index (χ0) is 14.4. The van der Waals surface area contributed by atoms with Gasteiger partial charge < -0.3 is 14.2 Å². The van der Waals surface area contributed by atoms with Crippen molar-refractivity contribution in [2.24, 2.45) is 0 Å². The van der Waals surface area contributed by atoms with Crippen LogP contribution in [0.2, 0.25) is 0 Å². The predicted molar refractivity (Wildman–Crippen MR) is 69.3 cm³/mol. The van der Waals surface area contributed by atoms with Crippen LogP contribution < -0.4 is 9.47 Å². The second-order valence-electron chi connectivity index (χ2n) is 3.63. The SMILES string of the molecule is CCOC(=N)Cc1cc(OC)c(OC)cc1[N+](=O)[O-]. The minimum absolute atomic E-state index is 0.0298. The lowest BCUT2D eigenvalue weighted by Crippen LogP contribution is -2.09. The number of nitrogens with one attached hydrogen (secondary N) is 1. The standard InChI is InChI=1S/C12H16N2O5/c1-4-19-12(13)6-8-5-10(17-2)11(18-3)7-9(8)14(15)16/h5,7,13H,4,6H2,1-3H3. The van der Waals surface area contributed by atoms with E-state index >= 15 is 0 Å². The van der Waals surface area contributed by atoms with Crippen LogP contribution in [-0.2, 0) is 11.2 Å². The van der Waals surface area contributed by atoms with Gasteiger partial charge in [-0.2, -0.15) is 0 Å². The molecule has 0 spiro atoms. The Morgan fingerprint density at radius 2 is 1.89 bits per heavy atom. The van der Waals surface area contributed by atoms with Crippen LogP contribution in [0.1, 0.15) is 12.5 Å². The van der Waals surface area contributed by atoms with Gasteiger partial charge in [0.05, 0.1) is 38.2 Å². The molecule has 1 aromatic rings. The van der Waals surface area contributed by atoms with Crippen LogP contribution in [0.25, 0.3) is 0 Å². The van der Waals surface area contributed by atoms with Crippen LogP contribution in [0.4, 0.5) is 5.69 Å². The molecule has 0 bridgehead atoms.